The molecule has 0 aliphatic carbocycles. The quantitative estimate of drug-likeness (QED) is 0.792. The molecule has 0 atom stereocenters. The second-order valence-electron chi connectivity index (χ2n) is 4.70. The highest BCUT2D eigenvalue weighted by molar-refractivity contribution is 7.92. The van der Waals surface area contributed by atoms with Crippen LogP contribution in [0.4, 0.5) is 0 Å². The van der Waals surface area contributed by atoms with Crippen LogP contribution < -0.4 is 5.32 Å². The van der Waals surface area contributed by atoms with E-state index in [1.54, 1.807) is 36.4 Å². The lowest BCUT2D eigenvalue weighted by atomic mass is 10.2. The van der Waals surface area contributed by atoms with Gasteiger partial charge in [0.05, 0.1) is 5.56 Å². The summed E-state index contributed by atoms with van der Waals surface area (Å²) in [4.78, 5) is 24.2. The Morgan fingerprint density at radius 1 is 1.00 bits per heavy atom. The summed E-state index contributed by atoms with van der Waals surface area (Å²) < 4.78 is 25.3. The van der Waals surface area contributed by atoms with Gasteiger partial charge in [0.2, 0.25) is 0 Å². The predicted octanol–water partition coefficient (Wildman–Crippen LogP) is 1.55. The minimum atomic E-state index is -4.09. The third-order valence-corrected chi connectivity index (χ3v) is 5.40. The van der Waals surface area contributed by atoms with Gasteiger partial charge >= 0.3 is 0 Å². The first-order valence-electron chi connectivity index (χ1n) is 6.52. The van der Waals surface area contributed by atoms with Crippen LogP contribution in [-0.2, 0) is 10.0 Å². The maximum absolute atomic E-state index is 12.4. The van der Waals surface area contributed by atoms with Gasteiger partial charge in [0.1, 0.15) is 4.90 Å². The molecule has 1 aliphatic heterocycles. The maximum atomic E-state index is 12.4. The first-order valence-corrected chi connectivity index (χ1v) is 8.37. The molecular weight excluding hydrogens is 336 g/mol. The molecule has 0 fully saturated rings. The van der Waals surface area contributed by atoms with Crippen molar-refractivity contribution < 1.29 is 18.0 Å². The van der Waals surface area contributed by atoms with Crippen molar-refractivity contribution in [2.75, 3.05) is 0 Å². The fourth-order valence-electron chi connectivity index (χ4n) is 2.20. The average molecular weight is 346 g/mol. The van der Waals surface area contributed by atoms with E-state index in [1.165, 1.54) is 18.2 Å². The molecule has 23 heavy (non-hydrogen) atoms. The van der Waals surface area contributed by atoms with Gasteiger partial charge in [-0.25, -0.2) is 8.42 Å². The molecule has 8 heteroatoms. The number of fused-ring (bicyclic) bond motifs is 1. The van der Waals surface area contributed by atoms with Crippen LogP contribution in [0.1, 0.15) is 20.7 Å². The highest BCUT2D eigenvalue weighted by Crippen LogP contribution is 2.29. The lowest BCUT2D eigenvalue weighted by molar-refractivity contribution is 0.0916. The van der Waals surface area contributed by atoms with Gasteiger partial charge < -0.3 is 0 Å². The van der Waals surface area contributed by atoms with E-state index in [9.17, 15) is 18.0 Å². The van der Waals surface area contributed by atoms with Gasteiger partial charge in [-0.3, -0.25) is 14.9 Å². The Morgan fingerprint density at radius 3 is 2.26 bits per heavy atom. The summed E-state index contributed by atoms with van der Waals surface area (Å²) >= 11 is 4.96. The first kappa shape index (κ1) is 15.3. The van der Waals surface area contributed by atoms with E-state index in [-0.39, 0.29) is 10.5 Å². The number of benzene rings is 2. The van der Waals surface area contributed by atoms with Crippen LogP contribution in [0.3, 0.4) is 0 Å². The van der Waals surface area contributed by atoms with Crippen LogP contribution >= 0.6 is 12.2 Å². The van der Waals surface area contributed by atoms with Crippen LogP contribution in [0.15, 0.2) is 59.5 Å². The number of nitrogens with one attached hydrogen (secondary N) is 1. The van der Waals surface area contributed by atoms with Crippen molar-refractivity contribution in [3.05, 3.63) is 65.7 Å². The molecule has 116 valence electrons. The monoisotopic (exact) mass is 346 g/mol. The highest BCUT2D eigenvalue weighted by Gasteiger charge is 2.43. The summed E-state index contributed by atoms with van der Waals surface area (Å²) in [5.41, 5.74) is 0.334. The fraction of sp³-hybridized carbons (Fsp3) is 0. The molecule has 0 bridgehead atoms. The highest BCUT2D eigenvalue weighted by atomic mass is 32.2. The molecule has 0 radical (unpaired) electrons. The lowest BCUT2D eigenvalue weighted by Gasteiger charge is -2.16. The van der Waals surface area contributed by atoms with Crippen LogP contribution in [0.2, 0.25) is 0 Å². The smallest absolute Gasteiger partial charge is 0.275 e. The minimum absolute atomic E-state index is 0.0313. The summed E-state index contributed by atoms with van der Waals surface area (Å²) in [5, 5.41) is 1.81. The van der Waals surface area contributed by atoms with E-state index < -0.39 is 27.0 Å². The fourth-order valence-corrected chi connectivity index (χ4v) is 4.13. The van der Waals surface area contributed by atoms with Gasteiger partial charge in [0.15, 0.2) is 5.11 Å². The van der Waals surface area contributed by atoms with E-state index >= 15 is 0 Å². The zero-order valence-corrected chi connectivity index (χ0v) is 13.2. The summed E-state index contributed by atoms with van der Waals surface area (Å²) in [6.07, 6.45) is 0. The molecule has 6 nitrogen and oxygen atoms in total. The Labute approximate surface area is 137 Å². The second-order valence-corrected chi connectivity index (χ2v) is 6.84. The molecule has 1 N–H and O–H groups in total. The summed E-state index contributed by atoms with van der Waals surface area (Å²) in [7, 11) is -4.09. The molecule has 0 spiro atoms. The van der Waals surface area contributed by atoms with Crippen molar-refractivity contribution in [2.45, 2.75) is 4.90 Å². The standard InChI is InChI=1S/C15H10N2O4S2/c18-13(10-6-2-1-3-7-10)16-15(22)17-14(19)11-8-4-5-9-12(11)23(17,20)21/h1-9H,(H,16,18,22). The number of hydrogen-bond acceptors (Lipinski definition) is 5. The number of hydrogen-bond donors (Lipinski definition) is 1. The van der Waals surface area contributed by atoms with Crippen LogP contribution in [0, 0.1) is 0 Å². The largest absolute Gasteiger partial charge is 0.298 e. The summed E-state index contributed by atoms with van der Waals surface area (Å²) in [6.45, 7) is 0. The van der Waals surface area contributed by atoms with E-state index in [1.807, 2.05) is 0 Å². The second kappa shape index (κ2) is 5.56. The van der Waals surface area contributed by atoms with Crippen LogP contribution in [-0.4, -0.2) is 29.6 Å². The molecule has 3 rings (SSSR count). The number of amides is 2. The molecule has 2 amide bonds. The number of sulfonamides is 1. The zero-order chi connectivity index (χ0) is 16.6. The number of nitrogens with zero attached hydrogens (tertiary/aromatic N) is 1. The van der Waals surface area contributed by atoms with Gasteiger partial charge in [-0.05, 0) is 36.5 Å². The number of rotatable bonds is 1. The molecular formula is C15H10N2O4S2. The van der Waals surface area contributed by atoms with E-state index in [4.69, 9.17) is 12.2 Å². The first-order chi connectivity index (χ1) is 10.9. The SMILES string of the molecule is O=C(NC(=S)N1C(=O)c2ccccc2S1(=O)=O)c1ccccc1. The lowest BCUT2D eigenvalue weighted by Crippen LogP contribution is -2.45. The zero-order valence-electron chi connectivity index (χ0n) is 11.6. The van der Waals surface area contributed by atoms with Gasteiger partial charge in [-0.2, -0.15) is 4.31 Å². The van der Waals surface area contributed by atoms with Crippen molar-refractivity contribution >= 4 is 39.2 Å². The molecule has 1 heterocycles. The Morgan fingerprint density at radius 2 is 1.61 bits per heavy atom. The van der Waals surface area contributed by atoms with Gasteiger partial charge in [0.25, 0.3) is 21.8 Å². The van der Waals surface area contributed by atoms with E-state index in [0.717, 1.165) is 0 Å². The molecule has 0 unspecified atom stereocenters. The predicted molar refractivity (Wildman–Crippen MR) is 86.3 cm³/mol. The van der Waals surface area contributed by atoms with Crippen molar-refractivity contribution in [3.8, 4) is 0 Å². The summed E-state index contributed by atoms with van der Waals surface area (Å²) in [5.74, 6) is -1.37. The van der Waals surface area contributed by atoms with Crippen LogP contribution in [0.25, 0.3) is 0 Å². The molecule has 2 aromatic rings. The molecule has 2 aromatic carbocycles. The van der Waals surface area contributed by atoms with Gasteiger partial charge in [-0.15, -0.1) is 0 Å². The Kier molecular flexibility index (Phi) is 3.70. The van der Waals surface area contributed by atoms with Crippen molar-refractivity contribution in [1.82, 2.24) is 9.62 Å². The third kappa shape index (κ3) is 2.51. The molecule has 1 aliphatic rings. The van der Waals surface area contributed by atoms with Gasteiger partial charge in [0, 0.05) is 5.56 Å². The van der Waals surface area contributed by atoms with Crippen molar-refractivity contribution in [1.29, 1.82) is 0 Å². The Hall–Kier alpha value is -2.58. The van der Waals surface area contributed by atoms with E-state index in [2.05, 4.69) is 5.32 Å². The minimum Gasteiger partial charge on any atom is -0.298 e. The molecule has 0 saturated heterocycles. The molecule has 0 saturated carbocycles. The Bertz CT molecular complexity index is 924. The Balaban J connectivity index is 1.90. The average Bonchev–Trinajstić information content (AvgIpc) is 2.75. The van der Waals surface area contributed by atoms with Crippen molar-refractivity contribution in [3.63, 3.8) is 0 Å². The molecule has 0 aromatic heterocycles. The van der Waals surface area contributed by atoms with Gasteiger partial charge in [-0.1, -0.05) is 30.3 Å². The number of carbonyl (C=O) groups is 2. The third-order valence-electron chi connectivity index (χ3n) is 3.26. The number of carbonyl (C=O) groups excluding carboxylic acids is 2. The summed E-state index contributed by atoms with van der Waals surface area (Å²) in [6, 6.07) is 13.9. The normalized spacial score (nSPS) is 15.1. The van der Waals surface area contributed by atoms with Crippen molar-refractivity contribution in [2.24, 2.45) is 0 Å². The van der Waals surface area contributed by atoms with E-state index in [0.29, 0.717) is 9.87 Å². The maximum Gasteiger partial charge on any atom is 0.275 e. The van der Waals surface area contributed by atoms with Crippen LogP contribution in [0.5, 0.6) is 0 Å². The number of thiocarbonyl (C=S) groups is 1. The topological polar surface area (TPSA) is 83.6 Å².